The van der Waals surface area contributed by atoms with Crippen molar-refractivity contribution in [3.05, 3.63) is 0 Å². The Hall–Kier alpha value is -0.610. The number of carbonyl (C=O) groups excluding carboxylic acids is 1. The molecule has 1 amide bonds. The molecule has 0 aliphatic rings. The van der Waals surface area contributed by atoms with Crippen molar-refractivity contribution in [2.24, 2.45) is 0 Å². The van der Waals surface area contributed by atoms with Crippen molar-refractivity contribution in [3.8, 4) is 0 Å². The molecule has 96 valence electrons. The minimum atomic E-state index is -0.709. The summed E-state index contributed by atoms with van der Waals surface area (Å²) in [6, 6.07) is 0. The van der Waals surface area contributed by atoms with Gasteiger partial charge in [-0.2, -0.15) is 0 Å². The average Bonchev–Trinajstić information content (AvgIpc) is 2.26. The van der Waals surface area contributed by atoms with E-state index >= 15 is 0 Å². The lowest BCUT2D eigenvalue weighted by Gasteiger charge is -2.25. The average molecular weight is 231 g/mol. The molecule has 0 aromatic heterocycles. The van der Waals surface area contributed by atoms with Crippen molar-refractivity contribution in [1.82, 2.24) is 5.32 Å². The monoisotopic (exact) mass is 231 g/mol. The zero-order valence-corrected chi connectivity index (χ0v) is 11.1. The Morgan fingerprint density at radius 1 is 1.44 bits per heavy atom. The van der Waals surface area contributed by atoms with Crippen molar-refractivity contribution in [1.29, 1.82) is 0 Å². The normalized spacial score (nSPS) is 14.9. The molecule has 0 radical (unpaired) electrons. The summed E-state index contributed by atoms with van der Waals surface area (Å²) in [5.74, 6) is -0.0537. The van der Waals surface area contributed by atoms with Crippen LogP contribution in [0.25, 0.3) is 0 Å². The van der Waals surface area contributed by atoms with Crippen LogP contribution in [0.5, 0.6) is 0 Å². The van der Waals surface area contributed by atoms with Crippen LogP contribution in [0.15, 0.2) is 0 Å². The van der Waals surface area contributed by atoms with Gasteiger partial charge in [-0.15, -0.1) is 0 Å². The summed E-state index contributed by atoms with van der Waals surface area (Å²) in [5, 5.41) is 2.85. The zero-order valence-electron chi connectivity index (χ0n) is 11.1. The third-order valence-electron chi connectivity index (χ3n) is 2.66. The number of hydrogen-bond donors (Lipinski definition) is 1. The standard InChI is InChI=1S/C12H25NO3/c1-6-12(4,15-5)11(14)13-8-7-9-16-10(2)3/h10H,6-9H2,1-5H3,(H,13,14). The van der Waals surface area contributed by atoms with Crippen molar-refractivity contribution in [2.75, 3.05) is 20.3 Å². The van der Waals surface area contributed by atoms with Gasteiger partial charge in [0.25, 0.3) is 5.91 Å². The summed E-state index contributed by atoms with van der Waals surface area (Å²) >= 11 is 0. The maximum absolute atomic E-state index is 11.7. The van der Waals surface area contributed by atoms with Gasteiger partial charge in [0.2, 0.25) is 0 Å². The van der Waals surface area contributed by atoms with Crippen LogP contribution < -0.4 is 5.32 Å². The molecule has 4 nitrogen and oxygen atoms in total. The molecule has 0 aliphatic heterocycles. The molecule has 4 heteroatoms. The highest BCUT2D eigenvalue weighted by atomic mass is 16.5. The van der Waals surface area contributed by atoms with Gasteiger partial charge in [-0.05, 0) is 33.6 Å². The van der Waals surface area contributed by atoms with E-state index in [1.54, 1.807) is 14.0 Å². The number of rotatable bonds is 8. The van der Waals surface area contributed by atoms with Gasteiger partial charge in [0.05, 0.1) is 6.10 Å². The van der Waals surface area contributed by atoms with Gasteiger partial charge in [0.15, 0.2) is 0 Å². The molecule has 0 saturated heterocycles. The van der Waals surface area contributed by atoms with Gasteiger partial charge in [-0.25, -0.2) is 0 Å². The lowest BCUT2D eigenvalue weighted by atomic mass is 10.0. The SMILES string of the molecule is CCC(C)(OC)C(=O)NCCCOC(C)C. The minimum absolute atomic E-state index is 0.0537. The van der Waals surface area contributed by atoms with Crippen molar-refractivity contribution in [3.63, 3.8) is 0 Å². The topological polar surface area (TPSA) is 47.6 Å². The second kappa shape index (κ2) is 7.63. The Bertz CT molecular complexity index is 200. The third-order valence-corrected chi connectivity index (χ3v) is 2.66. The van der Waals surface area contributed by atoms with Crippen LogP contribution in [0.1, 0.15) is 40.5 Å². The van der Waals surface area contributed by atoms with Crippen LogP contribution in [-0.2, 0) is 14.3 Å². The van der Waals surface area contributed by atoms with Crippen molar-refractivity contribution in [2.45, 2.75) is 52.2 Å². The summed E-state index contributed by atoms with van der Waals surface area (Å²) < 4.78 is 10.6. The highest BCUT2D eigenvalue weighted by molar-refractivity contribution is 5.84. The number of hydrogen-bond acceptors (Lipinski definition) is 3. The molecule has 0 fully saturated rings. The molecule has 0 heterocycles. The van der Waals surface area contributed by atoms with Crippen LogP contribution >= 0.6 is 0 Å². The molecule has 0 aromatic rings. The van der Waals surface area contributed by atoms with E-state index in [1.165, 1.54) is 0 Å². The van der Waals surface area contributed by atoms with Gasteiger partial charge >= 0.3 is 0 Å². The minimum Gasteiger partial charge on any atom is -0.379 e. The first kappa shape index (κ1) is 15.4. The van der Waals surface area contributed by atoms with Crippen LogP contribution in [0.3, 0.4) is 0 Å². The maximum atomic E-state index is 11.7. The summed E-state index contributed by atoms with van der Waals surface area (Å²) in [7, 11) is 1.56. The first-order valence-corrected chi connectivity index (χ1v) is 5.91. The van der Waals surface area contributed by atoms with Crippen LogP contribution in [-0.4, -0.2) is 37.9 Å². The highest BCUT2D eigenvalue weighted by Crippen LogP contribution is 2.13. The Balaban J connectivity index is 3.73. The second-order valence-corrected chi connectivity index (χ2v) is 4.32. The van der Waals surface area contributed by atoms with E-state index in [1.807, 2.05) is 20.8 Å². The van der Waals surface area contributed by atoms with Gasteiger partial charge in [0.1, 0.15) is 5.60 Å². The van der Waals surface area contributed by atoms with Crippen LogP contribution in [0.4, 0.5) is 0 Å². The molecular weight excluding hydrogens is 206 g/mol. The fourth-order valence-corrected chi connectivity index (χ4v) is 1.18. The van der Waals surface area contributed by atoms with E-state index in [-0.39, 0.29) is 12.0 Å². The van der Waals surface area contributed by atoms with Crippen LogP contribution in [0, 0.1) is 0 Å². The Kier molecular flexibility index (Phi) is 7.34. The fourth-order valence-electron chi connectivity index (χ4n) is 1.18. The fraction of sp³-hybridized carbons (Fsp3) is 0.917. The predicted molar refractivity (Wildman–Crippen MR) is 64.4 cm³/mol. The highest BCUT2D eigenvalue weighted by Gasteiger charge is 2.30. The van der Waals surface area contributed by atoms with E-state index in [9.17, 15) is 4.79 Å². The molecule has 16 heavy (non-hydrogen) atoms. The number of amides is 1. The Labute approximate surface area is 98.7 Å². The molecule has 0 rings (SSSR count). The summed E-state index contributed by atoms with van der Waals surface area (Å²) in [6.45, 7) is 9.03. The van der Waals surface area contributed by atoms with E-state index in [2.05, 4.69) is 5.32 Å². The first-order valence-electron chi connectivity index (χ1n) is 5.91. The Morgan fingerprint density at radius 3 is 2.50 bits per heavy atom. The molecule has 1 unspecified atom stereocenters. The molecule has 0 bridgehead atoms. The molecule has 1 atom stereocenters. The lowest BCUT2D eigenvalue weighted by molar-refractivity contribution is -0.141. The molecule has 0 saturated carbocycles. The summed E-state index contributed by atoms with van der Waals surface area (Å²) in [4.78, 5) is 11.7. The largest absolute Gasteiger partial charge is 0.379 e. The van der Waals surface area contributed by atoms with E-state index in [0.29, 0.717) is 19.6 Å². The van der Waals surface area contributed by atoms with E-state index in [4.69, 9.17) is 9.47 Å². The second-order valence-electron chi connectivity index (χ2n) is 4.32. The van der Waals surface area contributed by atoms with Crippen LogP contribution in [0.2, 0.25) is 0 Å². The zero-order chi connectivity index (χ0) is 12.6. The number of methoxy groups -OCH3 is 1. The van der Waals surface area contributed by atoms with Gasteiger partial charge < -0.3 is 14.8 Å². The molecule has 1 N–H and O–H groups in total. The smallest absolute Gasteiger partial charge is 0.251 e. The predicted octanol–water partition coefficient (Wildman–Crippen LogP) is 1.73. The number of carbonyl (C=O) groups is 1. The first-order chi connectivity index (χ1) is 7.46. The molecule has 0 aromatic carbocycles. The van der Waals surface area contributed by atoms with E-state index in [0.717, 1.165) is 6.42 Å². The summed E-state index contributed by atoms with van der Waals surface area (Å²) in [6.07, 6.45) is 1.74. The van der Waals surface area contributed by atoms with Gasteiger partial charge in [0, 0.05) is 20.3 Å². The third kappa shape index (κ3) is 5.47. The van der Waals surface area contributed by atoms with Crippen molar-refractivity contribution < 1.29 is 14.3 Å². The quantitative estimate of drug-likeness (QED) is 0.647. The lowest BCUT2D eigenvalue weighted by Crippen LogP contribution is -2.45. The molecule has 0 aliphatic carbocycles. The number of ether oxygens (including phenoxy) is 2. The van der Waals surface area contributed by atoms with Crippen molar-refractivity contribution >= 4 is 5.91 Å². The number of nitrogens with one attached hydrogen (secondary N) is 1. The Morgan fingerprint density at radius 2 is 2.06 bits per heavy atom. The van der Waals surface area contributed by atoms with Gasteiger partial charge in [-0.3, -0.25) is 4.79 Å². The van der Waals surface area contributed by atoms with E-state index < -0.39 is 5.60 Å². The molecule has 0 spiro atoms. The van der Waals surface area contributed by atoms with Gasteiger partial charge in [-0.1, -0.05) is 6.92 Å². The molecular formula is C12H25NO3. The summed E-state index contributed by atoms with van der Waals surface area (Å²) in [5.41, 5.74) is -0.709. The maximum Gasteiger partial charge on any atom is 0.251 e.